The predicted octanol–water partition coefficient (Wildman–Crippen LogP) is 4.93. The lowest BCUT2D eigenvalue weighted by molar-refractivity contribution is -0.111. The molecule has 29 heavy (non-hydrogen) atoms. The van der Waals surface area contributed by atoms with Crippen LogP contribution < -0.4 is 14.6 Å². The lowest BCUT2D eigenvalue weighted by Crippen LogP contribution is -2.37. The summed E-state index contributed by atoms with van der Waals surface area (Å²) < 4.78 is 5.29. The summed E-state index contributed by atoms with van der Waals surface area (Å²) in [7, 11) is 1.64. The molecule has 0 saturated carbocycles. The Hall–Kier alpha value is -3.60. The Morgan fingerprint density at radius 1 is 0.897 bits per heavy atom. The maximum absolute atomic E-state index is 12.5. The van der Waals surface area contributed by atoms with Gasteiger partial charge in [0.1, 0.15) is 5.75 Å². The maximum atomic E-state index is 12.5. The van der Waals surface area contributed by atoms with E-state index in [2.05, 4.69) is 31.2 Å². The van der Waals surface area contributed by atoms with Crippen molar-refractivity contribution in [3.63, 3.8) is 0 Å². The van der Waals surface area contributed by atoms with E-state index in [1.165, 1.54) is 5.56 Å². The highest BCUT2D eigenvalue weighted by molar-refractivity contribution is 6.44. The molecule has 0 aromatic heterocycles. The van der Waals surface area contributed by atoms with E-state index >= 15 is 0 Å². The van der Waals surface area contributed by atoms with Crippen molar-refractivity contribution < 1.29 is 9.53 Å². The van der Waals surface area contributed by atoms with Crippen LogP contribution in [0.4, 0.5) is 11.4 Å². The lowest BCUT2D eigenvalue weighted by atomic mass is 10.1. The smallest absolute Gasteiger partial charge is 0.198 e. The van der Waals surface area contributed by atoms with Gasteiger partial charge >= 0.3 is 0 Å². The Bertz CT molecular complexity index is 1030. The number of rotatable bonds is 5. The fourth-order valence-corrected chi connectivity index (χ4v) is 3.49. The SMILES string of the molecule is COc1ccc(N2C(C(C)=O)=NN(c3ccc(C)cc3)[C@H]2c2ccccc2)cc1. The predicted molar refractivity (Wildman–Crippen MR) is 116 cm³/mol. The molecule has 1 atom stereocenters. The number of carbonyl (C=O) groups is 1. The van der Waals surface area contributed by atoms with E-state index in [0.717, 1.165) is 22.7 Å². The molecule has 1 aliphatic heterocycles. The average Bonchev–Trinajstić information content (AvgIpc) is 3.16. The number of aryl methyl sites for hydroxylation is 1. The number of amidine groups is 1. The minimum Gasteiger partial charge on any atom is -0.497 e. The van der Waals surface area contributed by atoms with Gasteiger partial charge in [-0.1, -0.05) is 48.0 Å². The number of nitrogens with zero attached hydrogens (tertiary/aromatic N) is 3. The van der Waals surface area contributed by atoms with Crippen LogP contribution in [0.25, 0.3) is 0 Å². The van der Waals surface area contributed by atoms with Crippen molar-refractivity contribution in [2.24, 2.45) is 5.10 Å². The molecular formula is C24H23N3O2. The third kappa shape index (κ3) is 3.59. The number of Topliss-reactive ketones (excluding diaryl/α,β-unsaturated/α-hetero) is 1. The number of hydrogen-bond acceptors (Lipinski definition) is 5. The first-order valence-corrected chi connectivity index (χ1v) is 9.52. The zero-order valence-corrected chi connectivity index (χ0v) is 16.7. The second-order valence-electron chi connectivity index (χ2n) is 7.01. The van der Waals surface area contributed by atoms with E-state index in [9.17, 15) is 4.79 Å². The molecule has 0 amide bonds. The monoisotopic (exact) mass is 385 g/mol. The maximum Gasteiger partial charge on any atom is 0.198 e. The summed E-state index contributed by atoms with van der Waals surface area (Å²) in [6.07, 6.45) is -0.272. The lowest BCUT2D eigenvalue weighted by Gasteiger charge is -2.32. The molecule has 3 aromatic rings. The summed E-state index contributed by atoms with van der Waals surface area (Å²) in [6.45, 7) is 3.60. The third-order valence-corrected chi connectivity index (χ3v) is 4.97. The fourth-order valence-electron chi connectivity index (χ4n) is 3.49. The zero-order valence-electron chi connectivity index (χ0n) is 16.7. The van der Waals surface area contributed by atoms with E-state index in [1.54, 1.807) is 14.0 Å². The Labute approximate surface area is 170 Å². The Balaban J connectivity index is 1.86. The van der Waals surface area contributed by atoms with Gasteiger partial charge in [-0.3, -0.25) is 9.69 Å². The summed E-state index contributed by atoms with van der Waals surface area (Å²) in [5.41, 5.74) is 4.03. The van der Waals surface area contributed by atoms with E-state index in [-0.39, 0.29) is 11.9 Å². The molecule has 1 heterocycles. The molecule has 0 N–H and O–H groups in total. The minimum absolute atomic E-state index is 0.0867. The first-order valence-electron chi connectivity index (χ1n) is 9.52. The van der Waals surface area contributed by atoms with Gasteiger partial charge in [0.15, 0.2) is 17.8 Å². The number of hydrazone groups is 1. The van der Waals surface area contributed by atoms with Gasteiger partial charge in [0, 0.05) is 12.6 Å². The van der Waals surface area contributed by atoms with Crippen LogP contribution in [0.5, 0.6) is 5.75 Å². The Morgan fingerprint density at radius 2 is 1.52 bits per heavy atom. The molecule has 0 saturated heterocycles. The zero-order chi connectivity index (χ0) is 20.4. The molecule has 146 valence electrons. The van der Waals surface area contributed by atoms with Gasteiger partial charge in [0.05, 0.1) is 12.8 Å². The first kappa shape index (κ1) is 18.7. The van der Waals surface area contributed by atoms with E-state index in [4.69, 9.17) is 9.84 Å². The topological polar surface area (TPSA) is 45.1 Å². The summed E-state index contributed by atoms with van der Waals surface area (Å²) in [5.74, 6) is 1.09. The number of ketones is 1. The van der Waals surface area contributed by atoms with Crippen molar-refractivity contribution >= 4 is 23.0 Å². The van der Waals surface area contributed by atoms with Crippen LogP contribution in [-0.2, 0) is 4.79 Å². The molecule has 0 fully saturated rings. The highest BCUT2D eigenvalue weighted by Gasteiger charge is 2.39. The summed E-state index contributed by atoms with van der Waals surface area (Å²) in [4.78, 5) is 14.5. The molecule has 5 heteroatoms. The van der Waals surface area contributed by atoms with Gasteiger partial charge in [0.2, 0.25) is 0 Å². The number of anilines is 2. The van der Waals surface area contributed by atoms with Crippen molar-refractivity contribution in [1.82, 2.24) is 0 Å². The van der Waals surface area contributed by atoms with Crippen molar-refractivity contribution in [1.29, 1.82) is 0 Å². The average molecular weight is 385 g/mol. The van der Waals surface area contributed by atoms with Gasteiger partial charge in [-0.25, -0.2) is 5.01 Å². The normalized spacial score (nSPS) is 16.0. The van der Waals surface area contributed by atoms with Crippen LogP contribution >= 0.6 is 0 Å². The van der Waals surface area contributed by atoms with Crippen LogP contribution in [-0.4, -0.2) is 18.7 Å². The van der Waals surface area contributed by atoms with Gasteiger partial charge in [-0.05, 0) is 48.9 Å². The van der Waals surface area contributed by atoms with Crippen LogP contribution in [0.15, 0.2) is 84.0 Å². The molecule has 5 nitrogen and oxygen atoms in total. The molecule has 0 bridgehead atoms. The van der Waals surface area contributed by atoms with Gasteiger partial charge in [0.25, 0.3) is 0 Å². The van der Waals surface area contributed by atoms with Gasteiger partial charge in [-0.2, -0.15) is 0 Å². The standard InChI is InChI=1S/C24H23N3O2/c1-17-9-11-21(12-10-17)27-24(19-7-5-4-6-8-19)26(23(25-27)18(2)28)20-13-15-22(29-3)16-14-20/h4-16,24H,1-3H3/t24-/m0/s1. The number of carbonyl (C=O) groups excluding carboxylic acids is 1. The highest BCUT2D eigenvalue weighted by atomic mass is 16.5. The number of ether oxygens (including phenoxy) is 1. The number of benzene rings is 3. The van der Waals surface area contributed by atoms with Crippen molar-refractivity contribution in [2.45, 2.75) is 20.0 Å². The first-order chi connectivity index (χ1) is 14.1. The minimum atomic E-state index is -0.272. The molecule has 3 aromatic carbocycles. The van der Waals surface area contributed by atoms with Crippen LogP contribution in [0.1, 0.15) is 24.2 Å². The molecule has 0 unspecified atom stereocenters. The third-order valence-electron chi connectivity index (χ3n) is 4.97. The second-order valence-corrected chi connectivity index (χ2v) is 7.01. The molecule has 0 spiro atoms. The van der Waals surface area contributed by atoms with E-state index < -0.39 is 0 Å². The Morgan fingerprint density at radius 3 is 2.10 bits per heavy atom. The largest absolute Gasteiger partial charge is 0.497 e. The summed E-state index contributed by atoms with van der Waals surface area (Å²) >= 11 is 0. The quantitative estimate of drug-likeness (QED) is 0.625. The number of methoxy groups -OCH3 is 1. The molecule has 4 rings (SSSR count). The molecule has 0 radical (unpaired) electrons. The summed E-state index contributed by atoms with van der Waals surface area (Å²) in [5, 5.41) is 6.65. The van der Waals surface area contributed by atoms with Crippen LogP contribution in [0.3, 0.4) is 0 Å². The van der Waals surface area contributed by atoms with Crippen molar-refractivity contribution in [2.75, 3.05) is 17.0 Å². The van der Waals surface area contributed by atoms with Gasteiger partial charge in [-0.15, -0.1) is 5.10 Å². The fraction of sp³-hybridized carbons (Fsp3) is 0.167. The second kappa shape index (κ2) is 7.80. The Kier molecular flexibility index (Phi) is 5.04. The highest BCUT2D eigenvalue weighted by Crippen LogP contribution is 2.39. The van der Waals surface area contributed by atoms with Crippen LogP contribution in [0, 0.1) is 6.92 Å². The van der Waals surface area contributed by atoms with Gasteiger partial charge < -0.3 is 4.74 Å². The van der Waals surface area contributed by atoms with Crippen molar-refractivity contribution in [3.05, 3.63) is 90.0 Å². The molecular weight excluding hydrogens is 362 g/mol. The summed E-state index contributed by atoms with van der Waals surface area (Å²) in [6, 6.07) is 26.0. The number of hydrogen-bond donors (Lipinski definition) is 0. The van der Waals surface area contributed by atoms with E-state index in [0.29, 0.717) is 5.84 Å². The van der Waals surface area contributed by atoms with Crippen molar-refractivity contribution in [3.8, 4) is 5.75 Å². The van der Waals surface area contributed by atoms with Crippen LogP contribution in [0.2, 0.25) is 0 Å². The molecule has 1 aliphatic rings. The van der Waals surface area contributed by atoms with E-state index in [1.807, 2.05) is 64.5 Å². The molecule has 0 aliphatic carbocycles.